The van der Waals surface area contributed by atoms with E-state index in [2.05, 4.69) is 40.6 Å². The van der Waals surface area contributed by atoms with Crippen LogP contribution in [0, 0.1) is 0 Å². The largest absolute Gasteiger partial charge is 0.390 e. The zero-order chi connectivity index (χ0) is 14.1. The zero-order valence-corrected chi connectivity index (χ0v) is 12.0. The van der Waals surface area contributed by atoms with E-state index in [1.54, 1.807) is 18.6 Å². The molecule has 106 valence electrons. The summed E-state index contributed by atoms with van der Waals surface area (Å²) in [5.41, 5.74) is 0. The summed E-state index contributed by atoms with van der Waals surface area (Å²) < 4.78 is 0. The van der Waals surface area contributed by atoms with E-state index in [4.69, 9.17) is 0 Å². The molecule has 0 aliphatic carbocycles. The van der Waals surface area contributed by atoms with E-state index in [-0.39, 0.29) is 0 Å². The highest BCUT2D eigenvalue weighted by atomic mass is 15.2. The molecule has 18 heavy (non-hydrogen) atoms. The lowest BCUT2D eigenvalue weighted by Gasteiger charge is -2.22. The Morgan fingerprint density at radius 2 is 1.00 bits per heavy atom. The molecule has 4 nitrogen and oxygen atoms in total. The van der Waals surface area contributed by atoms with Crippen molar-refractivity contribution in [3.05, 3.63) is 38.3 Å². The predicted octanol–water partition coefficient (Wildman–Crippen LogP) is 1.51. The van der Waals surface area contributed by atoms with E-state index in [0.717, 1.165) is 39.3 Å². The first kappa shape index (κ1) is 18.9. The second-order valence-corrected chi connectivity index (χ2v) is 3.32. The average Bonchev–Trinajstić information content (AvgIpc) is 2.41. The third-order valence-electron chi connectivity index (χ3n) is 2.15. The zero-order valence-electron chi connectivity index (χ0n) is 12.0. The summed E-state index contributed by atoms with van der Waals surface area (Å²) in [4.78, 5) is 2.36. The van der Waals surface area contributed by atoms with Crippen LogP contribution in [-0.4, -0.2) is 44.2 Å². The average molecular weight is 254 g/mol. The number of rotatable bonds is 12. The van der Waals surface area contributed by atoms with E-state index >= 15 is 0 Å². The summed E-state index contributed by atoms with van der Waals surface area (Å²) in [5.74, 6) is 0. The van der Waals surface area contributed by atoms with Gasteiger partial charge in [0.25, 0.3) is 0 Å². The number of hydrogen-bond donors (Lipinski definition) is 3. The molecule has 0 atom stereocenters. The van der Waals surface area contributed by atoms with E-state index < -0.39 is 0 Å². The molecule has 0 aliphatic rings. The van der Waals surface area contributed by atoms with Crippen molar-refractivity contribution in [3.63, 3.8) is 0 Å². The number of nitrogens with one attached hydrogen (secondary N) is 3. The molecule has 0 aromatic rings. The van der Waals surface area contributed by atoms with Crippen LogP contribution in [0.3, 0.4) is 0 Å². The SMILES string of the molecule is C=CNCCN(CCNC=C)CCNC=C.CC. The summed E-state index contributed by atoms with van der Waals surface area (Å²) in [6.45, 7) is 20.7. The van der Waals surface area contributed by atoms with Crippen LogP contribution in [0.25, 0.3) is 0 Å². The van der Waals surface area contributed by atoms with Gasteiger partial charge in [-0.25, -0.2) is 0 Å². The maximum atomic E-state index is 3.63. The van der Waals surface area contributed by atoms with Crippen molar-refractivity contribution in [1.29, 1.82) is 0 Å². The minimum absolute atomic E-state index is 0.922. The van der Waals surface area contributed by atoms with Crippen LogP contribution in [0.1, 0.15) is 13.8 Å². The smallest absolute Gasteiger partial charge is 0.0269 e. The molecule has 0 bridgehead atoms. The molecule has 0 aliphatic heterocycles. The Balaban J connectivity index is 0. The molecule has 4 heteroatoms. The molecule has 0 aromatic heterocycles. The van der Waals surface area contributed by atoms with Crippen molar-refractivity contribution >= 4 is 0 Å². The highest BCUT2D eigenvalue weighted by Crippen LogP contribution is 1.85. The Morgan fingerprint density at radius 1 is 0.722 bits per heavy atom. The second-order valence-electron chi connectivity index (χ2n) is 3.32. The molecule has 0 heterocycles. The van der Waals surface area contributed by atoms with Gasteiger partial charge in [-0.1, -0.05) is 33.6 Å². The van der Waals surface area contributed by atoms with Crippen LogP contribution < -0.4 is 16.0 Å². The molecule has 0 spiro atoms. The van der Waals surface area contributed by atoms with Gasteiger partial charge in [0.1, 0.15) is 0 Å². The van der Waals surface area contributed by atoms with Gasteiger partial charge in [-0.05, 0) is 18.6 Å². The standard InChI is InChI=1S/C12H24N4.C2H6/c1-4-13-7-10-16(11-8-14-5-2)12-9-15-6-3;1-2/h4-6,13-15H,1-3,7-12H2;1-2H3. The van der Waals surface area contributed by atoms with Gasteiger partial charge in [0, 0.05) is 39.3 Å². The van der Waals surface area contributed by atoms with Crippen molar-refractivity contribution in [2.45, 2.75) is 13.8 Å². The van der Waals surface area contributed by atoms with Gasteiger partial charge in [-0.2, -0.15) is 0 Å². The normalized spacial score (nSPS) is 8.83. The van der Waals surface area contributed by atoms with Crippen LogP contribution in [0.4, 0.5) is 0 Å². The minimum atomic E-state index is 0.922. The number of nitrogens with zero attached hydrogens (tertiary/aromatic N) is 1. The second kappa shape index (κ2) is 18.0. The van der Waals surface area contributed by atoms with Gasteiger partial charge in [-0.3, -0.25) is 4.90 Å². The summed E-state index contributed by atoms with van der Waals surface area (Å²) >= 11 is 0. The quantitative estimate of drug-likeness (QED) is 0.462. The highest BCUT2D eigenvalue weighted by molar-refractivity contribution is 4.71. The first-order valence-electron chi connectivity index (χ1n) is 6.60. The van der Waals surface area contributed by atoms with Crippen molar-refractivity contribution in [3.8, 4) is 0 Å². The lowest BCUT2D eigenvalue weighted by molar-refractivity contribution is 0.282. The molecular weight excluding hydrogens is 224 g/mol. The molecule has 3 N–H and O–H groups in total. The third kappa shape index (κ3) is 14.6. The van der Waals surface area contributed by atoms with Crippen LogP contribution in [0.2, 0.25) is 0 Å². The lowest BCUT2D eigenvalue weighted by Crippen LogP contribution is -2.38. The Labute approximate surface area is 113 Å². The maximum Gasteiger partial charge on any atom is 0.0269 e. The van der Waals surface area contributed by atoms with E-state index in [0.29, 0.717) is 0 Å². The van der Waals surface area contributed by atoms with Gasteiger partial charge in [0.05, 0.1) is 0 Å². The molecule has 0 aromatic carbocycles. The lowest BCUT2D eigenvalue weighted by atomic mass is 10.4. The monoisotopic (exact) mass is 254 g/mol. The molecule has 0 saturated carbocycles. The summed E-state index contributed by atoms with van der Waals surface area (Å²) in [6, 6.07) is 0. The predicted molar refractivity (Wildman–Crippen MR) is 82.4 cm³/mol. The van der Waals surface area contributed by atoms with Gasteiger partial charge < -0.3 is 16.0 Å². The molecule has 0 amide bonds. The molecule has 0 radical (unpaired) electrons. The fourth-order valence-electron chi connectivity index (χ4n) is 1.31. The van der Waals surface area contributed by atoms with Gasteiger partial charge >= 0.3 is 0 Å². The van der Waals surface area contributed by atoms with E-state index in [1.807, 2.05) is 13.8 Å². The van der Waals surface area contributed by atoms with Gasteiger partial charge in [-0.15, -0.1) is 0 Å². The Bertz CT molecular complexity index is 159. The van der Waals surface area contributed by atoms with Gasteiger partial charge in [0.2, 0.25) is 0 Å². The molecule has 0 saturated heterocycles. The van der Waals surface area contributed by atoms with E-state index in [1.165, 1.54) is 0 Å². The van der Waals surface area contributed by atoms with Crippen molar-refractivity contribution in [2.24, 2.45) is 0 Å². The molecule has 0 unspecified atom stereocenters. The highest BCUT2D eigenvalue weighted by Gasteiger charge is 2.02. The summed E-state index contributed by atoms with van der Waals surface area (Å²) in [6.07, 6.45) is 5.17. The Morgan fingerprint density at radius 3 is 1.22 bits per heavy atom. The molecular formula is C14H30N4. The Hall–Kier alpha value is -1.42. The molecule has 0 fully saturated rings. The third-order valence-corrected chi connectivity index (χ3v) is 2.15. The van der Waals surface area contributed by atoms with E-state index in [9.17, 15) is 0 Å². The maximum absolute atomic E-state index is 3.63. The van der Waals surface area contributed by atoms with Gasteiger partial charge in [0.15, 0.2) is 0 Å². The fourth-order valence-corrected chi connectivity index (χ4v) is 1.31. The van der Waals surface area contributed by atoms with Crippen molar-refractivity contribution in [1.82, 2.24) is 20.9 Å². The van der Waals surface area contributed by atoms with Crippen LogP contribution in [0.15, 0.2) is 38.3 Å². The van der Waals surface area contributed by atoms with Crippen LogP contribution in [-0.2, 0) is 0 Å². The molecule has 0 rings (SSSR count). The number of hydrogen-bond acceptors (Lipinski definition) is 4. The van der Waals surface area contributed by atoms with Crippen LogP contribution >= 0.6 is 0 Å². The van der Waals surface area contributed by atoms with Crippen LogP contribution in [0.5, 0.6) is 0 Å². The summed E-state index contributed by atoms with van der Waals surface area (Å²) in [7, 11) is 0. The first-order chi connectivity index (χ1) is 8.85. The Kier molecular flexibility index (Phi) is 18.9. The minimum Gasteiger partial charge on any atom is -0.390 e. The first-order valence-corrected chi connectivity index (χ1v) is 6.60. The van der Waals surface area contributed by atoms with Crippen molar-refractivity contribution in [2.75, 3.05) is 39.3 Å². The van der Waals surface area contributed by atoms with Crippen molar-refractivity contribution < 1.29 is 0 Å². The summed E-state index contributed by atoms with van der Waals surface area (Å²) in [5, 5.41) is 9.30. The topological polar surface area (TPSA) is 39.3 Å². The fraction of sp³-hybridized carbons (Fsp3) is 0.571.